The first-order chi connectivity index (χ1) is 9.63. The van der Waals surface area contributed by atoms with Crippen LogP contribution in [-0.2, 0) is 11.2 Å². The zero-order chi connectivity index (χ0) is 15.8. The van der Waals surface area contributed by atoms with E-state index in [1.54, 1.807) is 0 Å². The fraction of sp³-hybridized carbons (Fsp3) is 0.462. The third-order valence-corrected chi connectivity index (χ3v) is 4.35. The number of amides is 1. The van der Waals surface area contributed by atoms with Gasteiger partial charge in [0.25, 0.3) is 0 Å². The Balaban J connectivity index is 2.34. The highest BCUT2D eigenvalue weighted by Gasteiger charge is 2.62. The number of hydrogen-bond acceptors (Lipinski definition) is 1. The summed E-state index contributed by atoms with van der Waals surface area (Å²) in [6.07, 6.45) is -4.38. The predicted molar refractivity (Wildman–Crippen MR) is 70.7 cm³/mol. The van der Waals surface area contributed by atoms with Crippen LogP contribution in [0.25, 0.3) is 0 Å². The molecule has 1 aliphatic heterocycles. The van der Waals surface area contributed by atoms with Crippen molar-refractivity contribution in [3.63, 3.8) is 0 Å². The van der Waals surface area contributed by atoms with Gasteiger partial charge in [-0.2, -0.15) is 22.0 Å². The standard InChI is InChI=1S/C13H11BrF5NO/c14-11(12(15,16)13(17,18)19)8-4-5-9-7(6-8)2-1-3-10(21)20-9/h4-6,11H,1-3H2,(H,20,21). The maximum atomic E-state index is 13.3. The molecule has 1 heterocycles. The van der Waals surface area contributed by atoms with Crippen LogP contribution in [0.4, 0.5) is 27.6 Å². The maximum Gasteiger partial charge on any atom is 0.454 e. The Morgan fingerprint density at radius 1 is 1.14 bits per heavy atom. The third-order valence-electron chi connectivity index (χ3n) is 3.24. The van der Waals surface area contributed by atoms with Crippen molar-refractivity contribution in [1.29, 1.82) is 0 Å². The number of hydrogen-bond donors (Lipinski definition) is 1. The average Bonchev–Trinajstić information content (AvgIpc) is 2.56. The summed E-state index contributed by atoms with van der Waals surface area (Å²) < 4.78 is 63.8. The van der Waals surface area contributed by atoms with Crippen LogP contribution in [0.1, 0.15) is 28.8 Å². The topological polar surface area (TPSA) is 29.1 Å². The molecule has 1 amide bonds. The van der Waals surface area contributed by atoms with Crippen LogP contribution in [-0.4, -0.2) is 18.0 Å². The normalized spacial score (nSPS) is 17.7. The van der Waals surface area contributed by atoms with E-state index < -0.39 is 16.9 Å². The highest BCUT2D eigenvalue weighted by molar-refractivity contribution is 9.09. The molecule has 0 radical (unpaired) electrons. The molecule has 0 saturated carbocycles. The van der Waals surface area contributed by atoms with E-state index in [1.165, 1.54) is 12.1 Å². The number of carbonyl (C=O) groups excluding carboxylic acids is 1. The Kier molecular flexibility index (Phi) is 4.28. The molecule has 0 fully saturated rings. The van der Waals surface area contributed by atoms with Gasteiger partial charge in [-0.25, -0.2) is 0 Å². The second kappa shape index (κ2) is 5.55. The van der Waals surface area contributed by atoms with Crippen LogP contribution in [0.5, 0.6) is 0 Å². The van der Waals surface area contributed by atoms with Crippen LogP contribution in [0.3, 0.4) is 0 Å². The third kappa shape index (κ3) is 3.20. The van der Waals surface area contributed by atoms with Crippen molar-refractivity contribution < 1.29 is 26.7 Å². The molecule has 1 aliphatic rings. The highest BCUT2D eigenvalue weighted by atomic mass is 79.9. The summed E-state index contributed by atoms with van der Waals surface area (Å²) in [6, 6.07) is 3.79. The molecule has 2 rings (SSSR count). The van der Waals surface area contributed by atoms with E-state index in [1.807, 2.05) is 0 Å². The lowest BCUT2D eigenvalue weighted by Gasteiger charge is -2.25. The predicted octanol–water partition coefficient (Wildman–Crippen LogP) is 4.60. The van der Waals surface area contributed by atoms with E-state index in [-0.39, 0.29) is 11.5 Å². The van der Waals surface area contributed by atoms with E-state index in [4.69, 9.17) is 0 Å². The summed E-state index contributed by atoms with van der Waals surface area (Å²) in [5.74, 6) is -5.08. The summed E-state index contributed by atoms with van der Waals surface area (Å²) >= 11 is 2.45. The lowest BCUT2D eigenvalue weighted by Crippen LogP contribution is -2.40. The van der Waals surface area contributed by atoms with Gasteiger partial charge >= 0.3 is 12.1 Å². The highest BCUT2D eigenvalue weighted by Crippen LogP contribution is 2.49. The van der Waals surface area contributed by atoms with Crippen molar-refractivity contribution in [3.8, 4) is 0 Å². The molecular formula is C13H11BrF5NO. The van der Waals surface area contributed by atoms with Crippen molar-refractivity contribution in [1.82, 2.24) is 0 Å². The molecule has 0 aliphatic carbocycles. The molecule has 0 saturated heterocycles. The first-order valence-electron chi connectivity index (χ1n) is 6.14. The molecule has 116 valence electrons. The van der Waals surface area contributed by atoms with Crippen LogP contribution in [0.2, 0.25) is 0 Å². The molecule has 1 unspecified atom stereocenters. The SMILES string of the molecule is O=C1CCCc2cc(C(Br)C(F)(F)C(F)(F)F)ccc2N1. The Hall–Kier alpha value is -1.18. The van der Waals surface area contributed by atoms with E-state index in [2.05, 4.69) is 21.2 Å². The first-order valence-corrected chi connectivity index (χ1v) is 7.06. The summed E-state index contributed by atoms with van der Waals surface area (Å²) in [7, 11) is 0. The second-order valence-corrected chi connectivity index (χ2v) is 5.72. The number of aryl methyl sites for hydroxylation is 1. The Morgan fingerprint density at radius 2 is 1.81 bits per heavy atom. The minimum atomic E-state index is -5.64. The first kappa shape index (κ1) is 16.2. The van der Waals surface area contributed by atoms with Gasteiger partial charge in [0.2, 0.25) is 5.91 Å². The Morgan fingerprint density at radius 3 is 2.43 bits per heavy atom. The lowest BCUT2D eigenvalue weighted by molar-refractivity contribution is -0.281. The Bertz CT molecular complexity index is 558. The van der Waals surface area contributed by atoms with Crippen molar-refractivity contribution in [3.05, 3.63) is 29.3 Å². The number of benzene rings is 1. The second-order valence-electron chi connectivity index (χ2n) is 4.80. The molecule has 0 aromatic heterocycles. The van der Waals surface area contributed by atoms with Crippen molar-refractivity contribution >= 4 is 27.5 Å². The quantitative estimate of drug-likeness (QED) is 0.597. The van der Waals surface area contributed by atoms with Crippen LogP contribution >= 0.6 is 15.9 Å². The van der Waals surface area contributed by atoms with Gasteiger partial charge in [0, 0.05) is 12.1 Å². The monoisotopic (exact) mass is 371 g/mol. The molecule has 1 aromatic carbocycles. The zero-order valence-electron chi connectivity index (χ0n) is 10.6. The van der Waals surface area contributed by atoms with E-state index in [0.717, 1.165) is 6.07 Å². The van der Waals surface area contributed by atoms with Crippen LogP contribution in [0, 0.1) is 0 Å². The largest absolute Gasteiger partial charge is 0.454 e. The fourth-order valence-electron chi connectivity index (χ4n) is 2.11. The van der Waals surface area contributed by atoms with Gasteiger partial charge in [0.05, 0.1) is 0 Å². The van der Waals surface area contributed by atoms with Gasteiger partial charge in [0.1, 0.15) is 4.83 Å². The van der Waals surface area contributed by atoms with E-state index in [9.17, 15) is 26.7 Å². The summed E-state index contributed by atoms with van der Waals surface area (Å²) in [4.78, 5) is 9.19. The summed E-state index contributed by atoms with van der Waals surface area (Å²) in [5, 5.41) is 2.59. The molecule has 0 spiro atoms. The van der Waals surface area contributed by atoms with Crippen molar-refractivity contribution in [2.45, 2.75) is 36.2 Å². The molecule has 1 N–H and O–H groups in total. The number of rotatable bonds is 2. The molecule has 1 aromatic rings. The van der Waals surface area contributed by atoms with Crippen molar-refractivity contribution in [2.24, 2.45) is 0 Å². The van der Waals surface area contributed by atoms with Gasteiger partial charge in [-0.3, -0.25) is 4.79 Å². The van der Waals surface area contributed by atoms with Gasteiger partial charge in [-0.15, -0.1) is 0 Å². The van der Waals surface area contributed by atoms with Gasteiger partial charge in [-0.05, 0) is 30.0 Å². The molecule has 1 atom stereocenters. The van der Waals surface area contributed by atoms with Gasteiger partial charge in [-0.1, -0.05) is 28.1 Å². The number of anilines is 1. The number of nitrogens with one attached hydrogen (secondary N) is 1. The van der Waals surface area contributed by atoms with E-state index >= 15 is 0 Å². The fourth-order valence-corrected chi connectivity index (χ4v) is 2.65. The number of alkyl halides is 6. The molecule has 21 heavy (non-hydrogen) atoms. The van der Waals surface area contributed by atoms with Crippen LogP contribution < -0.4 is 5.32 Å². The molecular weight excluding hydrogens is 361 g/mol. The smallest absolute Gasteiger partial charge is 0.326 e. The molecule has 0 bridgehead atoms. The zero-order valence-corrected chi connectivity index (χ0v) is 12.2. The average molecular weight is 372 g/mol. The number of fused-ring (bicyclic) bond motifs is 1. The maximum absolute atomic E-state index is 13.3. The Labute approximate surface area is 125 Å². The van der Waals surface area contributed by atoms with Crippen LogP contribution in [0.15, 0.2) is 18.2 Å². The van der Waals surface area contributed by atoms with E-state index in [0.29, 0.717) is 30.5 Å². The molecule has 2 nitrogen and oxygen atoms in total. The summed E-state index contributed by atoms with van der Waals surface area (Å²) in [6.45, 7) is 0. The minimum absolute atomic E-state index is 0.174. The minimum Gasteiger partial charge on any atom is -0.326 e. The van der Waals surface area contributed by atoms with Gasteiger partial charge in [0.15, 0.2) is 0 Å². The lowest BCUT2D eigenvalue weighted by atomic mass is 10.00. The number of halogens is 6. The number of carbonyl (C=O) groups is 1. The summed E-state index contributed by atoms with van der Waals surface area (Å²) in [5.41, 5.74) is 0.837. The van der Waals surface area contributed by atoms with Crippen molar-refractivity contribution in [2.75, 3.05) is 5.32 Å². The molecule has 8 heteroatoms. The van der Waals surface area contributed by atoms with Gasteiger partial charge < -0.3 is 5.32 Å².